The van der Waals surface area contributed by atoms with E-state index in [1.54, 1.807) is 25.1 Å². The van der Waals surface area contributed by atoms with E-state index in [2.05, 4.69) is 0 Å². The first-order valence-corrected chi connectivity index (χ1v) is 8.10. The fraction of sp³-hybridized carbons (Fsp3) is 0.143. The molecule has 0 saturated carbocycles. The number of carbonyl (C=O) groups is 2. The molecule has 0 radical (unpaired) electrons. The first-order valence-electron chi connectivity index (χ1n) is 8.10. The fourth-order valence-corrected chi connectivity index (χ4v) is 2.64. The van der Waals surface area contributed by atoms with E-state index < -0.39 is 11.8 Å². The Kier molecular flexibility index (Phi) is 5.09. The first kappa shape index (κ1) is 16.7. The predicted molar refractivity (Wildman–Crippen MR) is 95.7 cm³/mol. The molecule has 4 heteroatoms. The van der Waals surface area contributed by atoms with Gasteiger partial charge in [-0.25, -0.2) is 4.79 Å². The van der Waals surface area contributed by atoms with Crippen LogP contribution in [0.2, 0.25) is 0 Å². The third kappa shape index (κ3) is 3.69. The van der Waals surface area contributed by atoms with Crippen LogP contribution in [0.1, 0.15) is 22.8 Å². The van der Waals surface area contributed by atoms with Gasteiger partial charge in [0.05, 0.1) is 6.61 Å². The summed E-state index contributed by atoms with van der Waals surface area (Å²) in [5.41, 5.74) is 1.37. The topological polar surface area (TPSA) is 52.6 Å². The molecule has 0 fully saturated rings. The van der Waals surface area contributed by atoms with Crippen LogP contribution in [0.4, 0.5) is 0 Å². The molecule has 4 nitrogen and oxygen atoms in total. The minimum Gasteiger partial charge on any atom is -0.488 e. The number of ether oxygens (including phenoxy) is 2. The van der Waals surface area contributed by atoms with Gasteiger partial charge >= 0.3 is 5.97 Å². The Morgan fingerprint density at radius 3 is 2.24 bits per heavy atom. The molecule has 0 unspecified atom stereocenters. The van der Waals surface area contributed by atoms with Gasteiger partial charge in [-0.2, -0.15) is 0 Å². The number of ketones is 1. The molecular weight excluding hydrogens is 316 g/mol. The van der Waals surface area contributed by atoms with E-state index in [9.17, 15) is 9.59 Å². The van der Waals surface area contributed by atoms with Crippen LogP contribution in [0.3, 0.4) is 0 Å². The molecule has 0 aliphatic heterocycles. The van der Waals surface area contributed by atoms with Crippen LogP contribution in [-0.4, -0.2) is 18.4 Å². The molecule has 0 spiro atoms. The molecule has 0 aliphatic rings. The summed E-state index contributed by atoms with van der Waals surface area (Å²) >= 11 is 0. The van der Waals surface area contributed by atoms with Crippen LogP contribution < -0.4 is 4.74 Å². The number of Topliss-reactive ketones (excluding diaryl/α,β-unsaturated/α-hetero) is 1. The molecule has 0 atom stereocenters. The summed E-state index contributed by atoms with van der Waals surface area (Å²) in [4.78, 5) is 24.1. The molecule has 3 aromatic rings. The molecule has 3 aromatic carbocycles. The van der Waals surface area contributed by atoms with Crippen molar-refractivity contribution in [3.63, 3.8) is 0 Å². The smallest absolute Gasteiger partial charge is 0.379 e. The van der Waals surface area contributed by atoms with E-state index >= 15 is 0 Å². The maximum Gasteiger partial charge on any atom is 0.379 e. The Morgan fingerprint density at radius 2 is 1.52 bits per heavy atom. The van der Waals surface area contributed by atoms with Crippen LogP contribution in [0.25, 0.3) is 10.8 Å². The van der Waals surface area contributed by atoms with E-state index in [0.29, 0.717) is 23.3 Å². The average molecular weight is 334 g/mol. The van der Waals surface area contributed by atoms with Gasteiger partial charge in [0.15, 0.2) is 0 Å². The molecule has 25 heavy (non-hydrogen) atoms. The minimum absolute atomic E-state index is 0.167. The number of fused-ring (bicyclic) bond motifs is 1. The van der Waals surface area contributed by atoms with Crippen molar-refractivity contribution in [3.8, 4) is 5.75 Å². The lowest BCUT2D eigenvalue weighted by molar-refractivity contribution is -0.137. The van der Waals surface area contributed by atoms with Gasteiger partial charge in [0.25, 0.3) is 5.78 Å². The van der Waals surface area contributed by atoms with Crippen molar-refractivity contribution < 1.29 is 19.1 Å². The second-order valence-electron chi connectivity index (χ2n) is 5.48. The normalized spacial score (nSPS) is 10.4. The van der Waals surface area contributed by atoms with Gasteiger partial charge in [0.1, 0.15) is 12.4 Å². The van der Waals surface area contributed by atoms with E-state index in [1.165, 1.54) is 0 Å². The van der Waals surface area contributed by atoms with Crippen molar-refractivity contribution in [1.29, 1.82) is 0 Å². The SMILES string of the molecule is CCOC(=O)C(=O)c1ccc(OCc2ccccc2)c2ccccc12. The van der Waals surface area contributed by atoms with Crippen molar-refractivity contribution in [2.75, 3.05) is 6.61 Å². The molecule has 0 saturated heterocycles. The standard InChI is InChI=1S/C21H18O4/c1-2-24-21(23)20(22)18-12-13-19(17-11-7-6-10-16(17)18)25-14-15-8-4-3-5-9-15/h3-13H,2,14H2,1H3. The Balaban J connectivity index is 1.93. The second-order valence-corrected chi connectivity index (χ2v) is 5.48. The van der Waals surface area contributed by atoms with Gasteiger partial charge in [-0.3, -0.25) is 4.79 Å². The van der Waals surface area contributed by atoms with Gasteiger partial charge in [-0.1, -0.05) is 54.6 Å². The number of hydrogen-bond acceptors (Lipinski definition) is 4. The molecule has 0 amide bonds. The summed E-state index contributed by atoms with van der Waals surface area (Å²) in [5, 5.41) is 1.46. The van der Waals surface area contributed by atoms with E-state index in [0.717, 1.165) is 10.9 Å². The highest BCUT2D eigenvalue weighted by Gasteiger charge is 2.21. The molecular formula is C21H18O4. The summed E-state index contributed by atoms with van der Waals surface area (Å²) < 4.78 is 10.7. The molecule has 0 aromatic heterocycles. The summed E-state index contributed by atoms with van der Waals surface area (Å²) in [6.07, 6.45) is 0. The Bertz CT molecular complexity index is 900. The maximum atomic E-state index is 12.3. The third-order valence-electron chi connectivity index (χ3n) is 3.83. The zero-order valence-corrected chi connectivity index (χ0v) is 13.9. The zero-order chi connectivity index (χ0) is 17.6. The Morgan fingerprint density at radius 1 is 0.840 bits per heavy atom. The van der Waals surface area contributed by atoms with Crippen molar-refractivity contribution in [2.24, 2.45) is 0 Å². The molecule has 0 heterocycles. The lowest BCUT2D eigenvalue weighted by atomic mass is 10.0. The number of carbonyl (C=O) groups excluding carboxylic acids is 2. The minimum atomic E-state index is -0.842. The van der Waals surface area contributed by atoms with Gasteiger partial charge in [0, 0.05) is 10.9 Å². The van der Waals surface area contributed by atoms with Crippen LogP contribution in [0.15, 0.2) is 66.7 Å². The molecule has 0 N–H and O–H groups in total. The maximum absolute atomic E-state index is 12.3. The summed E-state index contributed by atoms with van der Waals surface area (Å²) in [5.74, 6) is -0.821. The van der Waals surface area contributed by atoms with Crippen LogP contribution >= 0.6 is 0 Å². The third-order valence-corrected chi connectivity index (χ3v) is 3.83. The average Bonchev–Trinajstić information content (AvgIpc) is 2.66. The summed E-state index contributed by atoms with van der Waals surface area (Å²) in [6, 6.07) is 20.5. The monoisotopic (exact) mass is 334 g/mol. The lowest BCUT2D eigenvalue weighted by Crippen LogP contribution is -2.17. The van der Waals surface area contributed by atoms with Crippen LogP contribution in [0, 0.1) is 0 Å². The molecule has 126 valence electrons. The number of rotatable bonds is 6. The lowest BCUT2D eigenvalue weighted by Gasteiger charge is -2.12. The van der Waals surface area contributed by atoms with E-state index in [4.69, 9.17) is 9.47 Å². The van der Waals surface area contributed by atoms with Crippen molar-refractivity contribution in [1.82, 2.24) is 0 Å². The summed E-state index contributed by atoms with van der Waals surface area (Å²) in [7, 11) is 0. The van der Waals surface area contributed by atoms with Crippen molar-refractivity contribution in [3.05, 3.63) is 77.9 Å². The van der Waals surface area contributed by atoms with Crippen molar-refractivity contribution >= 4 is 22.5 Å². The zero-order valence-electron chi connectivity index (χ0n) is 13.9. The van der Waals surface area contributed by atoms with Crippen LogP contribution in [0.5, 0.6) is 5.75 Å². The van der Waals surface area contributed by atoms with Gasteiger partial charge in [-0.05, 0) is 30.0 Å². The molecule has 0 aliphatic carbocycles. The van der Waals surface area contributed by atoms with E-state index in [1.807, 2.05) is 48.5 Å². The Hall–Kier alpha value is -3.14. The highest BCUT2D eigenvalue weighted by Crippen LogP contribution is 2.29. The first-order chi connectivity index (χ1) is 12.2. The van der Waals surface area contributed by atoms with Gasteiger partial charge in [-0.15, -0.1) is 0 Å². The van der Waals surface area contributed by atoms with Crippen molar-refractivity contribution in [2.45, 2.75) is 13.5 Å². The predicted octanol–water partition coefficient (Wildman–Crippen LogP) is 4.16. The highest BCUT2D eigenvalue weighted by molar-refractivity contribution is 6.43. The summed E-state index contributed by atoms with van der Waals surface area (Å²) in [6.45, 7) is 2.26. The molecule has 3 rings (SSSR count). The quantitative estimate of drug-likeness (QED) is 0.386. The van der Waals surface area contributed by atoms with Crippen LogP contribution in [-0.2, 0) is 16.1 Å². The second kappa shape index (κ2) is 7.62. The van der Waals surface area contributed by atoms with Gasteiger partial charge in [0.2, 0.25) is 0 Å². The number of esters is 1. The molecule has 0 bridgehead atoms. The number of benzene rings is 3. The largest absolute Gasteiger partial charge is 0.488 e. The van der Waals surface area contributed by atoms with Gasteiger partial charge < -0.3 is 9.47 Å². The number of hydrogen-bond donors (Lipinski definition) is 0. The Labute approximate surface area is 146 Å². The van der Waals surface area contributed by atoms with E-state index in [-0.39, 0.29) is 6.61 Å². The fourth-order valence-electron chi connectivity index (χ4n) is 2.64. The highest BCUT2D eigenvalue weighted by atomic mass is 16.5.